The van der Waals surface area contributed by atoms with Crippen molar-refractivity contribution < 1.29 is 5.11 Å². The fraction of sp³-hybridized carbons (Fsp3) is 0.294. The summed E-state index contributed by atoms with van der Waals surface area (Å²) in [5, 5.41) is 10.4. The molecule has 0 radical (unpaired) electrons. The lowest BCUT2D eigenvalue weighted by Gasteiger charge is -2.29. The molecule has 1 N–H and O–H groups in total. The second-order valence-electron chi connectivity index (χ2n) is 5.23. The molecule has 112 valence electrons. The van der Waals surface area contributed by atoms with Crippen molar-refractivity contribution in [1.82, 2.24) is 0 Å². The summed E-state index contributed by atoms with van der Waals surface area (Å²) < 4.78 is 0.970. The average molecular weight is 369 g/mol. The van der Waals surface area contributed by atoms with Crippen molar-refractivity contribution in [3.8, 4) is 0 Å². The molecule has 2 nitrogen and oxygen atoms in total. The lowest BCUT2D eigenvalue weighted by Crippen LogP contribution is -2.22. The minimum absolute atomic E-state index is 0.192. The molecule has 0 saturated heterocycles. The summed E-state index contributed by atoms with van der Waals surface area (Å²) in [6.45, 7) is 3.90. The molecule has 0 aliphatic rings. The molecular formula is C17H19BrClNO. The molecule has 4 heteroatoms. The Balaban J connectivity index is 2.29. The number of hydrogen-bond acceptors (Lipinski definition) is 2. The van der Waals surface area contributed by atoms with E-state index in [1.165, 1.54) is 0 Å². The van der Waals surface area contributed by atoms with Crippen LogP contribution in [0, 0.1) is 0 Å². The van der Waals surface area contributed by atoms with Gasteiger partial charge in [0, 0.05) is 16.5 Å². The molecule has 2 aromatic carbocycles. The second kappa shape index (κ2) is 6.82. The lowest BCUT2D eigenvalue weighted by atomic mass is 10.1. The number of aliphatic hydroxyl groups excluding tert-OH is 1. The quantitative estimate of drug-likeness (QED) is 0.786. The molecule has 0 amide bonds. The summed E-state index contributed by atoms with van der Waals surface area (Å²) in [5.74, 6) is 0. The Morgan fingerprint density at radius 2 is 1.81 bits per heavy atom. The van der Waals surface area contributed by atoms with Crippen LogP contribution in [-0.2, 0) is 0 Å². The number of anilines is 1. The molecular weight excluding hydrogens is 350 g/mol. The van der Waals surface area contributed by atoms with Crippen LogP contribution in [0.15, 0.2) is 46.9 Å². The normalized spacial score (nSPS) is 13.8. The van der Waals surface area contributed by atoms with Crippen LogP contribution >= 0.6 is 27.5 Å². The van der Waals surface area contributed by atoms with Crippen LogP contribution in [-0.4, -0.2) is 12.2 Å². The van der Waals surface area contributed by atoms with Crippen molar-refractivity contribution >= 4 is 33.2 Å². The third-order valence-corrected chi connectivity index (χ3v) is 4.62. The first-order valence-corrected chi connectivity index (χ1v) is 8.03. The molecule has 2 rings (SSSR count). The SMILES string of the molecule is CC(c1cccc(Cl)c1)N(C)c1ccc([C@H](C)O)cc1Br. The predicted octanol–water partition coefficient (Wildman–Crippen LogP) is 5.35. The van der Waals surface area contributed by atoms with Gasteiger partial charge in [-0.3, -0.25) is 0 Å². The van der Waals surface area contributed by atoms with Gasteiger partial charge in [0.05, 0.1) is 17.8 Å². The molecule has 0 heterocycles. The first-order valence-electron chi connectivity index (χ1n) is 6.86. The van der Waals surface area contributed by atoms with Crippen LogP contribution < -0.4 is 4.90 Å². The van der Waals surface area contributed by atoms with E-state index in [1.54, 1.807) is 6.92 Å². The van der Waals surface area contributed by atoms with E-state index < -0.39 is 6.10 Å². The van der Waals surface area contributed by atoms with Crippen LogP contribution in [0.1, 0.15) is 37.1 Å². The Morgan fingerprint density at radius 3 is 2.38 bits per heavy atom. The topological polar surface area (TPSA) is 23.5 Å². The number of rotatable bonds is 4. The van der Waals surface area contributed by atoms with Crippen LogP contribution in [0.5, 0.6) is 0 Å². The minimum atomic E-state index is -0.467. The van der Waals surface area contributed by atoms with E-state index in [-0.39, 0.29) is 6.04 Å². The number of benzene rings is 2. The van der Waals surface area contributed by atoms with E-state index in [1.807, 2.05) is 43.4 Å². The zero-order chi connectivity index (χ0) is 15.6. The zero-order valence-corrected chi connectivity index (χ0v) is 14.7. The van der Waals surface area contributed by atoms with E-state index in [4.69, 9.17) is 11.6 Å². The zero-order valence-electron chi connectivity index (χ0n) is 12.3. The molecule has 0 saturated carbocycles. The monoisotopic (exact) mass is 367 g/mol. The first kappa shape index (κ1) is 16.3. The van der Waals surface area contributed by atoms with Gasteiger partial charge in [0.1, 0.15) is 0 Å². The van der Waals surface area contributed by atoms with E-state index in [0.717, 1.165) is 26.3 Å². The van der Waals surface area contributed by atoms with Gasteiger partial charge in [0.15, 0.2) is 0 Å². The van der Waals surface area contributed by atoms with Crippen molar-refractivity contribution in [3.63, 3.8) is 0 Å². The molecule has 2 aromatic rings. The molecule has 0 aliphatic carbocycles. The van der Waals surface area contributed by atoms with E-state index >= 15 is 0 Å². The third-order valence-electron chi connectivity index (χ3n) is 3.75. The molecule has 1 unspecified atom stereocenters. The van der Waals surface area contributed by atoms with Gasteiger partial charge in [-0.1, -0.05) is 29.8 Å². The van der Waals surface area contributed by atoms with Crippen molar-refractivity contribution in [2.24, 2.45) is 0 Å². The van der Waals surface area contributed by atoms with Crippen LogP contribution in [0.2, 0.25) is 5.02 Å². The van der Waals surface area contributed by atoms with Crippen molar-refractivity contribution in [1.29, 1.82) is 0 Å². The molecule has 0 fully saturated rings. The number of halogens is 2. The fourth-order valence-electron chi connectivity index (χ4n) is 2.27. The van der Waals surface area contributed by atoms with E-state index in [9.17, 15) is 5.11 Å². The largest absolute Gasteiger partial charge is 0.389 e. The minimum Gasteiger partial charge on any atom is -0.389 e. The number of hydrogen-bond donors (Lipinski definition) is 1. The highest BCUT2D eigenvalue weighted by atomic mass is 79.9. The molecule has 0 bridgehead atoms. The van der Waals surface area contributed by atoms with Crippen molar-refractivity contribution in [2.75, 3.05) is 11.9 Å². The van der Waals surface area contributed by atoms with Crippen molar-refractivity contribution in [3.05, 3.63) is 63.1 Å². The van der Waals surface area contributed by atoms with Crippen LogP contribution in [0.3, 0.4) is 0 Å². The highest BCUT2D eigenvalue weighted by molar-refractivity contribution is 9.10. The molecule has 2 atom stereocenters. The highest BCUT2D eigenvalue weighted by Gasteiger charge is 2.16. The van der Waals surface area contributed by atoms with Crippen LogP contribution in [0.25, 0.3) is 0 Å². The Labute approximate surface area is 139 Å². The van der Waals surface area contributed by atoms with Crippen molar-refractivity contribution in [2.45, 2.75) is 26.0 Å². The van der Waals surface area contributed by atoms with E-state index in [2.05, 4.69) is 33.8 Å². The maximum Gasteiger partial charge on any atom is 0.0762 e. The van der Waals surface area contributed by atoms with Gasteiger partial charge in [-0.25, -0.2) is 0 Å². The summed E-state index contributed by atoms with van der Waals surface area (Å²) in [6, 6.07) is 14.0. The number of aliphatic hydroxyl groups is 1. The number of nitrogens with zero attached hydrogens (tertiary/aromatic N) is 1. The molecule has 21 heavy (non-hydrogen) atoms. The molecule has 0 spiro atoms. The predicted molar refractivity (Wildman–Crippen MR) is 93.0 cm³/mol. The average Bonchev–Trinajstić information content (AvgIpc) is 2.45. The van der Waals surface area contributed by atoms with Gasteiger partial charge in [-0.2, -0.15) is 0 Å². The summed E-state index contributed by atoms with van der Waals surface area (Å²) in [7, 11) is 2.05. The van der Waals surface area contributed by atoms with E-state index in [0.29, 0.717) is 0 Å². The third kappa shape index (κ3) is 3.79. The smallest absolute Gasteiger partial charge is 0.0762 e. The summed E-state index contributed by atoms with van der Waals surface area (Å²) >= 11 is 9.66. The van der Waals surface area contributed by atoms with Gasteiger partial charge in [0.25, 0.3) is 0 Å². The highest BCUT2D eigenvalue weighted by Crippen LogP contribution is 2.33. The van der Waals surface area contributed by atoms with Gasteiger partial charge >= 0.3 is 0 Å². The van der Waals surface area contributed by atoms with Gasteiger partial charge in [-0.15, -0.1) is 0 Å². The Bertz CT molecular complexity index is 630. The van der Waals surface area contributed by atoms with Gasteiger partial charge < -0.3 is 10.0 Å². The lowest BCUT2D eigenvalue weighted by molar-refractivity contribution is 0.199. The van der Waals surface area contributed by atoms with Crippen LogP contribution in [0.4, 0.5) is 5.69 Å². The second-order valence-corrected chi connectivity index (χ2v) is 6.52. The Morgan fingerprint density at radius 1 is 1.10 bits per heavy atom. The first-order chi connectivity index (χ1) is 9.90. The van der Waals surface area contributed by atoms with Gasteiger partial charge in [-0.05, 0) is 65.2 Å². The Hall–Kier alpha value is -1.03. The molecule has 0 aliphatic heterocycles. The maximum absolute atomic E-state index is 9.65. The fourth-order valence-corrected chi connectivity index (χ4v) is 3.14. The summed E-state index contributed by atoms with van der Waals surface area (Å²) in [4.78, 5) is 2.18. The standard InChI is InChI=1S/C17H19BrClNO/c1-11(13-5-4-6-15(19)9-13)20(3)17-8-7-14(12(2)21)10-16(17)18/h4-12,21H,1-3H3/t11?,12-/m0/s1. The molecule has 0 aromatic heterocycles. The maximum atomic E-state index is 9.65. The summed E-state index contributed by atoms with van der Waals surface area (Å²) in [6.07, 6.45) is -0.467. The summed E-state index contributed by atoms with van der Waals surface area (Å²) in [5.41, 5.74) is 3.14. The Kier molecular flexibility index (Phi) is 5.31. The van der Waals surface area contributed by atoms with Gasteiger partial charge in [0.2, 0.25) is 0 Å².